The summed E-state index contributed by atoms with van der Waals surface area (Å²) in [5, 5.41) is 8.33. The van der Waals surface area contributed by atoms with Gasteiger partial charge in [0, 0.05) is 0 Å². The van der Waals surface area contributed by atoms with Gasteiger partial charge in [0.15, 0.2) is 0 Å². The van der Waals surface area contributed by atoms with Gasteiger partial charge in [-0.1, -0.05) is 0 Å². The van der Waals surface area contributed by atoms with Gasteiger partial charge in [0.2, 0.25) is 0 Å². The van der Waals surface area contributed by atoms with Crippen LogP contribution >= 0.6 is 0 Å². The summed E-state index contributed by atoms with van der Waals surface area (Å²) in [7, 11) is 0. The Labute approximate surface area is 162 Å². The first-order valence-electron chi connectivity index (χ1n) is 8.63. The zero-order valence-corrected chi connectivity index (χ0v) is 17.4. The number of fused-ring (bicyclic) bond motifs is 2. The van der Waals surface area contributed by atoms with Crippen LogP contribution in [0.2, 0.25) is 10.6 Å². The molecule has 124 valence electrons. The molecule has 0 aliphatic rings. The molecule has 25 heavy (non-hydrogen) atoms. The molecule has 0 aliphatic heterocycles. The topological polar surface area (TPSA) is 0 Å². The average molecular weight is 454 g/mol. The second-order valence-corrected chi connectivity index (χ2v) is 10.8. The molecule has 0 fully saturated rings. The molecule has 0 atom stereocenters. The minimum absolute atomic E-state index is 0.579. The molecule has 0 nitrogen and oxygen atoms in total. The van der Waals surface area contributed by atoms with E-state index in [1.54, 1.807) is 8.92 Å². The summed E-state index contributed by atoms with van der Waals surface area (Å²) in [5.41, 5.74) is 0. The first-order valence-corrected chi connectivity index (χ1v) is 12.8. The van der Waals surface area contributed by atoms with E-state index in [2.05, 4.69) is 84.9 Å². The van der Waals surface area contributed by atoms with Crippen molar-refractivity contribution in [3.05, 3.63) is 84.9 Å². The molecule has 2 heteroatoms. The Morgan fingerprint density at radius 3 is 1.44 bits per heavy atom. The summed E-state index contributed by atoms with van der Waals surface area (Å²) in [6.45, 7) is 0. The van der Waals surface area contributed by atoms with Gasteiger partial charge in [0.1, 0.15) is 0 Å². The van der Waals surface area contributed by atoms with Crippen LogP contribution in [0.5, 0.6) is 0 Å². The maximum absolute atomic E-state index is 2.32. The number of rotatable bonds is 6. The van der Waals surface area contributed by atoms with Gasteiger partial charge >= 0.3 is 162 Å². The molecule has 0 aliphatic carbocycles. The summed E-state index contributed by atoms with van der Waals surface area (Å²) in [6.07, 6.45) is 1.34. The maximum atomic E-state index is 2.32. The Balaban J connectivity index is 1.35. The fraction of sp³-hybridized carbons (Fsp3) is 0.130. The van der Waals surface area contributed by atoms with Crippen LogP contribution in [-0.4, -0.2) is 29.9 Å². The first-order chi connectivity index (χ1) is 12.4. The van der Waals surface area contributed by atoms with Crippen LogP contribution in [0.4, 0.5) is 0 Å². The van der Waals surface area contributed by atoms with Crippen molar-refractivity contribution in [1.29, 1.82) is 0 Å². The van der Waals surface area contributed by atoms with Gasteiger partial charge in [0.25, 0.3) is 0 Å². The third kappa shape index (κ3) is 4.00. The van der Waals surface area contributed by atoms with E-state index in [-0.39, 0.29) is 0 Å². The third-order valence-electron chi connectivity index (χ3n) is 4.30. The Morgan fingerprint density at radius 1 is 0.480 bits per heavy atom. The fourth-order valence-corrected chi connectivity index (χ4v) is 8.29. The van der Waals surface area contributed by atoms with E-state index in [0.717, 1.165) is 0 Å². The van der Waals surface area contributed by atoms with E-state index in [9.17, 15) is 0 Å². The van der Waals surface area contributed by atoms with Crippen LogP contribution in [0.25, 0.3) is 21.5 Å². The first kappa shape index (κ1) is 16.9. The van der Waals surface area contributed by atoms with Gasteiger partial charge in [-0.15, -0.1) is 0 Å². The molecule has 0 N–H and O–H groups in total. The van der Waals surface area contributed by atoms with Crippen molar-refractivity contribution in [2.24, 2.45) is 0 Å². The number of hydrogen-bond donors (Lipinski definition) is 0. The zero-order valence-electron chi connectivity index (χ0n) is 14.0. The van der Waals surface area contributed by atoms with E-state index >= 15 is 0 Å². The second-order valence-electron chi connectivity index (χ2n) is 6.01. The molecule has 4 aromatic rings. The summed E-state index contributed by atoms with van der Waals surface area (Å²) in [4.78, 5) is 0. The van der Waals surface area contributed by atoms with E-state index in [0.29, 0.717) is 29.9 Å². The summed E-state index contributed by atoms with van der Waals surface area (Å²) < 4.78 is 3.12. The Bertz CT molecular complexity index is 899. The van der Waals surface area contributed by atoms with Crippen LogP contribution in [0.3, 0.4) is 0 Å². The fourth-order valence-electron chi connectivity index (χ4n) is 3.07. The predicted molar refractivity (Wildman–Crippen MR) is 113 cm³/mol. The van der Waals surface area contributed by atoms with Crippen molar-refractivity contribution in [1.82, 2.24) is 0 Å². The SMILES string of the molecule is c1ccc2c([Se]CCC[Se]c3cccc4ccccc34)cccc2c1. The molecule has 0 saturated heterocycles. The summed E-state index contributed by atoms with van der Waals surface area (Å²) in [6, 6.07) is 31.1. The van der Waals surface area contributed by atoms with Crippen LogP contribution in [-0.2, 0) is 0 Å². The van der Waals surface area contributed by atoms with Gasteiger partial charge in [0.05, 0.1) is 0 Å². The van der Waals surface area contributed by atoms with Crippen molar-refractivity contribution in [3.63, 3.8) is 0 Å². The monoisotopic (exact) mass is 456 g/mol. The molecule has 0 radical (unpaired) electrons. The minimum atomic E-state index is 0.579. The molecule has 0 spiro atoms. The molecule has 0 amide bonds. The van der Waals surface area contributed by atoms with Crippen LogP contribution < -0.4 is 8.92 Å². The number of hydrogen-bond acceptors (Lipinski definition) is 0. The predicted octanol–water partition coefficient (Wildman–Crippen LogP) is 4.58. The van der Waals surface area contributed by atoms with Gasteiger partial charge < -0.3 is 0 Å². The van der Waals surface area contributed by atoms with Crippen LogP contribution in [0.1, 0.15) is 6.42 Å². The number of benzene rings is 4. The van der Waals surface area contributed by atoms with E-state index in [1.807, 2.05) is 0 Å². The van der Waals surface area contributed by atoms with Crippen LogP contribution in [0.15, 0.2) is 84.9 Å². The van der Waals surface area contributed by atoms with Crippen molar-refractivity contribution in [2.45, 2.75) is 17.1 Å². The molecule has 0 aromatic heterocycles. The summed E-state index contributed by atoms with van der Waals surface area (Å²) >= 11 is 1.16. The van der Waals surface area contributed by atoms with Crippen molar-refractivity contribution >= 4 is 60.4 Å². The molecule has 0 heterocycles. The molecule has 4 aromatic carbocycles. The normalized spacial score (nSPS) is 11.2. The van der Waals surface area contributed by atoms with E-state index in [4.69, 9.17) is 0 Å². The van der Waals surface area contributed by atoms with Crippen molar-refractivity contribution in [2.75, 3.05) is 0 Å². The second kappa shape index (κ2) is 8.21. The molecule has 0 unspecified atom stereocenters. The summed E-state index contributed by atoms with van der Waals surface area (Å²) in [5.74, 6) is 0. The Kier molecular flexibility index (Phi) is 5.55. The molecular weight excluding hydrogens is 434 g/mol. The Hall–Kier alpha value is -1.56. The molecule has 0 saturated carbocycles. The van der Waals surface area contributed by atoms with Crippen molar-refractivity contribution in [3.8, 4) is 0 Å². The molecule has 4 rings (SSSR count). The van der Waals surface area contributed by atoms with E-state index < -0.39 is 0 Å². The third-order valence-corrected chi connectivity index (χ3v) is 9.17. The zero-order chi connectivity index (χ0) is 16.9. The van der Waals surface area contributed by atoms with Gasteiger partial charge in [-0.25, -0.2) is 0 Å². The molecule has 0 bridgehead atoms. The van der Waals surface area contributed by atoms with Gasteiger partial charge in [-0.3, -0.25) is 0 Å². The molecular formula is C23H20Se2. The van der Waals surface area contributed by atoms with Gasteiger partial charge in [-0.05, 0) is 0 Å². The van der Waals surface area contributed by atoms with E-state index in [1.165, 1.54) is 38.6 Å². The van der Waals surface area contributed by atoms with Crippen molar-refractivity contribution < 1.29 is 0 Å². The Morgan fingerprint density at radius 2 is 0.920 bits per heavy atom. The average Bonchev–Trinajstić information content (AvgIpc) is 2.68. The quantitative estimate of drug-likeness (QED) is 0.296. The van der Waals surface area contributed by atoms with Crippen LogP contribution in [0, 0.1) is 0 Å². The standard InChI is InChI=1S/C23H20Se2/c1-3-12-20-18(8-1)10-5-14-22(20)24-16-7-17-25-23-15-6-11-19-9-2-4-13-21(19)23/h1-6,8-15H,7,16-17H2. The van der Waals surface area contributed by atoms with Gasteiger partial charge in [-0.2, -0.15) is 0 Å².